The Morgan fingerprint density at radius 1 is 0.652 bits per heavy atom. The van der Waals surface area contributed by atoms with Crippen LogP contribution in [0.4, 0.5) is 0 Å². The zero-order valence-corrected chi connectivity index (χ0v) is 31.6. The fraction of sp³-hybridized carbons (Fsp3) is 0.561. The first-order chi connectivity index (χ1) is 20.6. The van der Waals surface area contributed by atoms with Crippen LogP contribution in [0.2, 0.25) is 0 Å². The molecular formula is C41H61LiO4. The summed E-state index contributed by atoms with van der Waals surface area (Å²) in [5, 5.41) is 24.3. The van der Waals surface area contributed by atoms with Gasteiger partial charge < -0.3 is 19.7 Å². The van der Waals surface area contributed by atoms with Gasteiger partial charge in [0.2, 0.25) is 0 Å². The molecule has 4 rings (SSSR count). The smallest absolute Gasteiger partial charge is 0.872 e. The molecule has 0 unspecified atom stereocenters. The van der Waals surface area contributed by atoms with Gasteiger partial charge in [0.1, 0.15) is 5.75 Å². The van der Waals surface area contributed by atoms with Crippen LogP contribution >= 0.6 is 0 Å². The fourth-order valence-corrected chi connectivity index (χ4v) is 4.91. The predicted molar refractivity (Wildman–Crippen MR) is 189 cm³/mol. The summed E-state index contributed by atoms with van der Waals surface area (Å²) < 4.78 is 11.0. The molecule has 1 fully saturated rings. The predicted octanol–water partition coefficient (Wildman–Crippen LogP) is 7.17. The van der Waals surface area contributed by atoms with Crippen molar-refractivity contribution in [3.63, 3.8) is 0 Å². The van der Waals surface area contributed by atoms with Crippen molar-refractivity contribution in [3.8, 4) is 11.5 Å². The van der Waals surface area contributed by atoms with E-state index in [0.717, 1.165) is 41.0 Å². The van der Waals surface area contributed by atoms with Crippen LogP contribution in [-0.2, 0) is 44.3 Å². The van der Waals surface area contributed by atoms with Crippen molar-refractivity contribution < 1.29 is 38.5 Å². The van der Waals surface area contributed by atoms with E-state index in [1.165, 1.54) is 18.4 Å². The zero-order valence-electron chi connectivity index (χ0n) is 31.6. The van der Waals surface area contributed by atoms with Gasteiger partial charge in [-0.05, 0) is 75.3 Å². The number of hydrogen-bond acceptors (Lipinski definition) is 4. The Labute approximate surface area is 293 Å². The molecule has 5 heteroatoms. The Morgan fingerprint density at radius 3 is 1.46 bits per heavy atom. The van der Waals surface area contributed by atoms with Crippen LogP contribution in [0.15, 0.2) is 54.6 Å². The Hall–Kier alpha value is -2.22. The first-order valence-corrected chi connectivity index (χ1v) is 16.5. The average molecular weight is 625 g/mol. The van der Waals surface area contributed by atoms with E-state index in [-0.39, 0.29) is 65.2 Å². The van der Waals surface area contributed by atoms with Crippen LogP contribution < -0.4 is 24.0 Å². The van der Waals surface area contributed by atoms with Crippen molar-refractivity contribution >= 4 is 0 Å². The minimum absolute atomic E-state index is 0. The minimum atomic E-state index is -0.242. The number of phenols is 1. The van der Waals surface area contributed by atoms with E-state index in [4.69, 9.17) is 9.47 Å². The molecule has 1 aliphatic heterocycles. The van der Waals surface area contributed by atoms with Crippen LogP contribution in [0.3, 0.4) is 0 Å². The van der Waals surface area contributed by atoms with E-state index in [1.807, 2.05) is 30.3 Å². The molecule has 0 aliphatic carbocycles. The molecule has 0 atom stereocenters. The molecule has 0 amide bonds. The van der Waals surface area contributed by atoms with Gasteiger partial charge in [0.15, 0.2) is 0 Å². The van der Waals surface area contributed by atoms with Gasteiger partial charge in [-0.3, -0.25) is 0 Å². The number of hydrogen-bond donors (Lipinski definition) is 1. The first-order valence-electron chi connectivity index (χ1n) is 16.5. The maximum atomic E-state index is 13.2. The number of aryl methyl sites for hydroxylation is 1. The van der Waals surface area contributed by atoms with Crippen LogP contribution in [0.5, 0.6) is 11.5 Å². The molecule has 250 valence electrons. The first kappa shape index (κ1) is 41.8. The van der Waals surface area contributed by atoms with Crippen molar-refractivity contribution in [3.05, 3.63) is 93.5 Å². The van der Waals surface area contributed by atoms with E-state index >= 15 is 0 Å². The molecule has 1 saturated heterocycles. The van der Waals surface area contributed by atoms with Crippen LogP contribution in [0.25, 0.3) is 0 Å². The summed E-state index contributed by atoms with van der Waals surface area (Å²) in [7, 11) is 0. The molecule has 1 heterocycles. The van der Waals surface area contributed by atoms with Crippen molar-refractivity contribution in [2.75, 3.05) is 13.2 Å². The third-order valence-electron chi connectivity index (χ3n) is 7.99. The molecule has 0 radical (unpaired) electrons. The Bertz CT molecular complexity index is 1260. The maximum absolute atomic E-state index is 13.2. The van der Waals surface area contributed by atoms with Crippen LogP contribution in [0.1, 0.15) is 135 Å². The monoisotopic (exact) mass is 624 g/mol. The molecule has 3 aromatic rings. The summed E-state index contributed by atoms with van der Waals surface area (Å²) in [4.78, 5) is 0. The summed E-state index contributed by atoms with van der Waals surface area (Å²) in [6.07, 6.45) is 2.56. The minimum Gasteiger partial charge on any atom is -0.872 e. The topological polar surface area (TPSA) is 61.8 Å². The van der Waals surface area contributed by atoms with Crippen LogP contribution in [-0.4, -0.2) is 18.3 Å². The van der Waals surface area contributed by atoms with E-state index in [9.17, 15) is 10.2 Å². The van der Waals surface area contributed by atoms with Gasteiger partial charge in [-0.25, -0.2) is 0 Å². The summed E-state index contributed by atoms with van der Waals surface area (Å²) >= 11 is 0. The van der Waals surface area contributed by atoms with Crippen molar-refractivity contribution in [2.45, 2.75) is 138 Å². The second kappa shape index (κ2) is 17.3. The van der Waals surface area contributed by atoms with Crippen molar-refractivity contribution in [1.82, 2.24) is 0 Å². The van der Waals surface area contributed by atoms with Gasteiger partial charge >= 0.3 is 18.9 Å². The summed E-state index contributed by atoms with van der Waals surface area (Å²) in [5.41, 5.74) is 6.26. The third kappa shape index (κ3) is 13.1. The van der Waals surface area contributed by atoms with Crippen LogP contribution in [0, 0.1) is 6.92 Å². The summed E-state index contributed by atoms with van der Waals surface area (Å²) in [5.74, 6) is 0.343. The van der Waals surface area contributed by atoms with Gasteiger partial charge in [-0.2, -0.15) is 0 Å². The number of benzene rings is 3. The molecule has 0 bridgehead atoms. The number of ether oxygens (including phenoxy) is 2. The van der Waals surface area contributed by atoms with Gasteiger partial charge in [0.25, 0.3) is 0 Å². The Kier molecular flexibility index (Phi) is 15.7. The second-order valence-corrected chi connectivity index (χ2v) is 16.5. The molecule has 1 N–H and O–H groups in total. The summed E-state index contributed by atoms with van der Waals surface area (Å²) in [6.45, 7) is 30.1. The van der Waals surface area contributed by atoms with Gasteiger partial charge in [0, 0.05) is 18.8 Å². The van der Waals surface area contributed by atoms with E-state index in [1.54, 1.807) is 0 Å². The van der Waals surface area contributed by atoms with E-state index < -0.39 is 0 Å². The Morgan fingerprint density at radius 2 is 1.09 bits per heavy atom. The number of rotatable bonds is 4. The standard InChI is InChI=1S/C30H46O3.C7H8.C4H8O.Li/c1-27(2,3)21-13-19(25(31)23(15-21)29(7,8)9)17-33-18-20-14-22(28(4,5)6)16-24(26(20)32)30(10,11)12;1-7-5-3-2-4-6-7;1-2-4-5-3-1;/h13-16,31-32H,17-18H2,1-12H3;2-6H,1H3;1-4H2;/q;;;+1/p-1. The maximum Gasteiger partial charge on any atom is 1.00 e. The third-order valence-corrected chi connectivity index (χ3v) is 7.99. The fourth-order valence-electron chi connectivity index (χ4n) is 4.91. The van der Waals surface area contributed by atoms with Gasteiger partial charge in [-0.1, -0.05) is 143 Å². The van der Waals surface area contributed by atoms with Gasteiger partial charge in [-0.15, -0.1) is 0 Å². The molecule has 0 aromatic heterocycles. The normalized spacial score (nSPS) is 13.6. The Balaban J connectivity index is 0.000000671. The summed E-state index contributed by atoms with van der Waals surface area (Å²) in [6, 6.07) is 18.5. The molecule has 0 spiro atoms. The second-order valence-electron chi connectivity index (χ2n) is 16.5. The van der Waals surface area contributed by atoms with Crippen molar-refractivity contribution in [1.29, 1.82) is 0 Å². The largest absolute Gasteiger partial charge is 1.00 e. The van der Waals surface area contributed by atoms with Crippen molar-refractivity contribution in [2.24, 2.45) is 0 Å². The SMILES string of the molecule is C1CCOC1.CC(C)(C)c1cc(COCc2cc(C(C)(C)C)cc(C(C)(C)C)c2O)c([O-])c(C(C)(C)C)c1.Cc1ccccc1.[Li+]. The molecular weight excluding hydrogens is 563 g/mol. The molecule has 3 aromatic carbocycles. The quantitative estimate of drug-likeness (QED) is 0.313. The van der Waals surface area contributed by atoms with E-state index in [2.05, 4.69) is 114 Å². The molecule has 1 aliphatic rings. The molecule has 46 heavy (non-hydrogen) atoms. The molecule has 4 nitrogen and oxygen atoms in total. The molecule has 0 saturated carbocycles. The van der Waals surface area contributed by atoms with Gasteiger partial charge in [0.05, 0.1) is 13.2 Å². The number of aromatic hydroxyl groups is 1. The average Bonchev–Trinajstić information content (AvgIpc) is 3.49. The zero-order chi connectivity index (χ0) is 34.2. The van der Waals surface area contributed by atoms with E-state index in [0.29, 0.717) is 5.56 Å². The number of phenolic OH excluding ortho intramolecular Hbond substituents is 1.